The average molecular weight is 414 g/mol. The topological polar surface area (TPSA) is 114 Å². The van der Waals surface area contributed by atoms with E-state index in [0.29, 0.717) is 36.9 Å². The third-order valence-electron chi connectivity index (χ3n) is 4.93. The van der Waals surface area contributed by atoms with Gasteiger partial charge in [-0.3, -0.25) is 4.98 Å². The number of nitrogens with one attached hydrogen (secondary N) is 1. The number of sulfonamides is 1. The van der Waals surface area contributed by atoms with Crippen molar-refractivity contribution in [2.45, 2.75) is 38.0 Å². The predicted molar refractivity (Wildman–Crippen MR) is 106 cm³/mol. The van der Waals surface area contributed by atoms with Crippen molar-refractivity contribution in [2.24, 2.45) is 0 Å². The van der Waals surface area contributed by atoms with Crippen molar-refractivity contribution < 1.29 is 12.9 Å². The molecule has 0 aliphatic carbocycles. The maximum Gasteiger partial charge on any atom is 0.248 e. The molecule has 1 saturated heterocycles. The number of anilines is 2. The van der Waals surface area contributed by atoms with Crippen LogP contribution in [0.1, 0.15) is 35.2 Å². The quantitative estimate of drug-likeness (QED) is 0.678. The molecule has 0 radical (unpaired) electrons. The van der Waals surface area contributed by atoms with Gasteiger partial charge in [0.05, 0.1) is 0 Å². The number of nitrogens with zero attached hydrogens (tertiary/aromatic N) is 5. The summed E-state index contributed by atoms with van der Waals surface area (Å²) >= 11 is 0. The molecule has 1 N–H and O–H groups in total. The molecule has 0 spiro atoms. The minimum Gasteiger partial charge on any atom is -0.360 e. The van der Waals surface area contributed by atoms with Crippen LogP contribution in [-0.2, 0) is 10.0 Å². The number of hydrogen-bond acceptors (Lipinski definition) is 8. The van der Waals surface area contributed by atoms with E-state index in [0.717, 1.165) is 17.1 Å². The molecule has 0 amide bonds. The molecule has 0 unspecified atom stereocenters. The first kappa shape index (κ1) is 19.5. The Hall–Kier alpha value is -2.85. The van der Waals surface area contributed by atoms with E-state index >= 15 is 0 Å². The lowest BCUT2D eigenvalue weighted by molar-refractivity contribution is 0.389. The van der Waals surface area contributed by atoms with E-state index < -0.39 is 10.0 Å². The Morgan fingerprint density at radius 2 is 1.93 bits per heavy atom. The third kappa shape index (κ3) is 3.85. The molecule has 4 rings (SSSR count). The van der Waals surface area contributed by atoms with E-state index in [1.165, 1.54) is 4.31 Å². The van der Waals surface area contributed by atoms with Gasteiger partial charge in [-0.1, -0.05) is 5.16 Å². The number of rotatable bonds is 5. The van der Waals surface area contributed by atoms with Crippen molar-refractivity contribution in [2.75, 3.05) is 18.4 Å². The maximum absolute atomic E-state index is 13.1. The van der Waals surface area contributed by atoms with E-state index in [2.05, 4.69) is 25.4 Å². The predicted octanol–water partition coefficient (Wildman–Crippen LogP) is 2.71. The summed E-state index contributed by atoms with van der Waals surface area (Å²) in [7, 11) is -3.65. The molecule has 152 valence electrons. The first-order valence-electron chi connectivity index (χ1n) is 9.30. The number of aromatic nitrogens is 4. The van der Waals surface area contributed by atoms with Crippen LogP contribution < -0.4 is 5.32 Å². The molecule has 3 aromatic heterocycles. The monoisotopic (exact) mass is 414 g/mol. The van der Waals surface area contributed by atoms with Crippen molar-refractivity contribution >= 4 is 21.7 Å². The molecule has 1 aliphatic heterocycles. The smallest absolute Gasteiger partial charge is 0.248 e. The molecule has 4 heterocycles. The van der Waals surface area contributed by atoms with Gasteiger partial charge in [0, 0.05) is 48.5 Å². The van der Waals surface area contributed by atoms with Crippen molar-refractivity contribution in [3.8, 4) is 0 Å². The van der Waals surface area contributed by atoms with Gasteiger partial charge < -0.3 is 9.84 Å². The van der Waals surface area contributed by atoms with E-state index in [4.69, 9.17) is 4.52 Å². The summed E-state index contributed by atoms with van der Waals surface area (Å²) < 4.78 is 32.7. The van der Waals surface area contributed by atoms with Crippen LogP contribution in [0.2, 0.25) is 0 Å². The second-order valence-corrected chi connectivity index (χ2v) is 9.00. The fourth-order valence-electron chi connectivity index (χ4n) is 3.63. The van der Waals surface area contributed by atoms with E-state index in [9.17, 15) is 8.42 Å². The zero-order valence-electron chi connectivity index (χ0n) is 16.5. The van der Waals surface area contributed by atoms with Gasteiger partial charge in [-0.15, -0.1) is 0 Å². The van der Waals surface area contributed by atoms with Gasteiger partial charge in [-0.05, 0) is 45.4 Å². The van der Waals surface area contributed by atoms with E-state index in [1.807, 2.05) is 19.1 Å². The largest absolute Gasteiger partial charge is 0.360 e. The van der Waals surface area contributed by atoms with E-state index in [1.54, 1.807) is 32.3 Å². The molecule has 9 nitrogen and oxygen atoms in total. The van der Waals surface area contributed by atoms with Crippen LogP contribution in [0.25, 0.3) is 0 Å². The summed E-state index contributed by atoms with van der Waals surface area (Å²) in [5, 5.41) is 6.95. The lowest BCUT2D eigenvalue weighted by atomic mass is 10.0. The Kier molecular flexibility index (Phi) is 5.05. The number of aryl methyl sites for hydroxylation is 3. The highest BCUT2D eigenvalue weighted by atomic mass is 32.2. The Morgan fingerprint density at radius 3 is 2.62 bits per heavy atom. The zero-order chi connectivity index (χ0) is 20.6. The lowest BCUT2D eigenvalue weighted by Crippen LogP contribution is -2.29. The van der Waals surface area contributed by atoms with Gasteiger partial charge in [0.15, 0.2) is 5.76 Å². The van der Waals surface area contributed by atoms with E-state index in [-0.39, 0.29) is 10.8 Å². The molecule has 0 aromatic carbocycles. The Bertz CT molecular complexity index is 1110. The summed E-state index contributed by atoms with van der Waals surface area (Å²) in [5.41, 5.74) is 2.90. The SMILES string of the molecule is Cc1cc(Nc2ncccn2)cc([C@@H]2CCN(S(=O)(=O)c3c(C)noc3C)C2)n1. The Labute approximate surface area is 169 Å². The molecule has 1 atom stereocenters. The van der Waals surface area contributed by atoms with Crippen LogP contribution in [0.3, 0.4) is 0 Å². The minimum absolute atomic E-state index is 0.00221. The third-order valence-corrected chi connectivity index (χ3v) is 7.04. The number of pyridine rings is 1. The second kappa shape index (κ2) is 7.53. The standard InChI is InChI=1S/C19H22N6O3S/c1-12-9-16(23-19-20-6-4-7-21-19)10-17(22-12)15-5-8-25(11-15)29(26,27)18-13(2)24-28-14(18)3/h4,6-7,9-10,15H,5,8,11H2,1-3H3,(H,20,21,22,23)/t15-/m1/s1. The van der Waals surface area contributed by atoms with Gasteiger partial charge in [0.1, 0.15) is 10.6 Å². The lowest BCUT2D eigenvalue weighted by Gasteiger charge is -2.17. The normalized spacial score (nSPS) is 17.6. The minimum atomic E-state index is -3.65. The molecule has 10 heteroatoms. The molecule has 3 aromatic rings. The van der Waals surface area contributed by atoms with Crippen LogP contribution >= 0.6 is 0 Å². The first-order chi connectivity index (χ1) is 13.8. The van der Waals surface area contributed by atoms with Crippen molar-refractivity contribution in [1.82, 2.24) is 24.4 Å². The van der Waals surface area contributed by atoms with Crippen LogP contribution in [0.4, 0.5) is 11.6 Å². The molecule has 1 fully saturated rings. The maximum atomic E-state index is 13.1. The highest BCUT2D eigenvalue weighted by Crippen LogP contribution is 2.33. The zero-order valence-corrected chi connectivity index (χ0v) is 17.3. The van der Waals surface area contributed by atoms with Gasteiger partial charge in [0.2, 0.25) is 16.0 Å². The number of hydrogen-bond donors (Lipinski definition) is 1. The van der Waals surface area contributed by atoms with Gasteiger partial charge >= 0.3 is 0 Å². The molecular formula is C19H22N6O3S. The highest BCUT2D eigenvalue weighted by molar-refractivity contribution is 7.89. The Balaban J connectivity index is 1.56. The summed E-state index contributed by atoms with van der Waals surface area (Å²) in [6, 6.07) is 5.59. The molecular weight excluding hydrogens is 392 g/mol. The highest BCUT2D eigenvalue weighted by Gasteiger charge is 2.37. The summed E-state index contributed by atoms with van der Waals surface area (Å²) in [6.45, 7) is 5.96. The van der Waals surface area contributed by atoms with Crippen molar-refractivity contribution in [3.63, 3.8) is 0 Å². The Morgan fingerprint density at radius 1 is 1.17 bits per heavy atom. The van der Waals surface area contributed by atoms with Crippen LogP contribution in [0.15, 0.2) is 40.0 Å². The van der Waals surface area contributed by atoms with Gasteiger partial charge in [0.25, 0.3) is 0 Å². The average Bonchev–Trinajstić information content (AvgIpc) is 3.30. The fraction of sp³-hybridized carbons (Fsp3) is 0.368. The second-order valence-electron chi connectivity index (χ2n) is 7.12. The molecule has 0 saturated carbocycles. The van der Waals surface area contributed by atoms with Crippen molar-refractivity contribution in [1.29, 1.82) is 0 Å². The van der Waals surface area contributed by atoms with Crippen LogP contribution in [-0.4, -0.2) is 45.9 Å². The summed E-state index contributed by atoms with van der Waals surface area (Å²) in [5.74, 6) is 0.814. The summed E-state index contributed by atoms with van der Waals surface area (Å²) in [6.07, 6.45) is 4.03. The van der Waals surface area contributed by atoms with Crippen molar-refractivity contribution in [3.05, 3.63) is 53.4 Å². The van der Waals surface area contributed by atoms with Gasteiger partial charge in [-0.25, -0.2) is 18.4 Å². The van der Waals surface area contributed by atoms with Crippen LogP contribution in [0, 0.1) is 20.8 Å². The fourth-order valence-corrected chi connectivity index (χ4v) is 5.42. The molecule has 1 aliphatic rings. The first-order valence-corrected chi connectivity index (χ1v) is 10.7. The molecule has 29 heavy (non-hydrogen) atoms. The van der Waals surface area contributed by atoms with Crippen LogP contribution in [0.5, 0.6) is 0 Å². The molecule has 0 bridgehead atoms. The van der Waals surface area contributed by atoms with Gasteiger partial charge in [-0.2, -0.15) is 4.31 Å². The summed E-state index contributed by atoms with van der Waals surface area (Å²) in [4.78, 5) is 13.2.